The molecule has 1 amide bonds. The highest BCUT2D eigenvalue weighted by molar-refractivity contribution is 6.42. The van der Waals surface area contributed by atoms with E-state index in [-0.39, 0.29) is 33.3 Å². The Hall–Kier alpha value is -2.44. The number of hydrogen-bond donors (Lipinski definition) is 2. The Morgan fingerprint density at radius 2 is 1.62 bits per heavy atom. The molecule has 6 nitrogen and oxygen atoms in total. The number of rotatable bonds is 5. The van der Waals surface area contributed by atoms with E-state index in [9.17, 15) is 14.7 Å². The number of halogens is 2. The smallest absolute Gasteiger partial charge is 0.337 e. The number of carboxylic acids is 1. The van der Waals surface area contributed by atoms with Crippen LogP contribution in [0, 0.1) is 0 Å². The molecular weight excluding hydrogens is 357 g/mol. The Morgan fingerprint density at radius 3 is 2.17 bits per heavy atom. The van der Waals surface area contributed by atoms with E-state index in [1.807, 2.05) is 0 Å². The van der Waals surface area contributed by atoms with Crippen LogP contribution in [-0.4, -0.2) is 31.2 Å². The summed E-state index contributed by atoms with van der Waals surface area (Å²) in [6, 6.07) is 6.99. The number of amides is 1. The van der Waals surface area contributed by atoms with E-state index < -0.39 is 11.9 Å². The SMILES string of the molecule is COc1cc(NC(=O)c2ccc(Cl)c(Cl)c2)c(C(=O)O)cc1OC. The van der Waals surface area contributed by atoms with Gasteiger partial charge in [-0.3, -0.25) is 4.79 Å². The Labute approximate surface area is 147 Å². The minimum absolute atomic E-state index is 0.0659. The second kappa shape index (κ2) is 7.42. The minimum Gasteiger partial charge on any atom is -0.493 e. The molecule has 2 N–H and O–H groups in total. The van der Waals surface area contributed by atoms with Crippen molar-refractivity contribution in [2.75, 3.05) is 19.5 Å². The number of benzene rings is 2. The van der Waals surface area contributed by atoms with Crippen molar-refractivity contribution < 1.29 is 24.2 Å². The summed E-state index contributed by atoms with van der Waals surface area (Å²) in [7, 11) is 2.79. The van der Waals surface area contributed by atoms with Gasteiger partial charge in [-0.1, -0.05) is 23.2 Å². The lowest BCUT2D eigenvalue weighted by Crippen LogP contribution is -2.15. The van der Waals surface area contributed by atoms with Crippen molar-refractivity contribution in [2.45, 2.75) is 0 Å². The first-order valence-corrected chi connectivity index (χ1v) is 7.38. The van der Waals surface area contributed by atoms with E-state index in [0.717, 1.165) is 0 Å². The molecule has 0 atom stereocenters. The monoisotopic (exact) mass is 369 g/mol. The fraction of sp³-hybridized carbons (Fsp3) is 0.125. The number of nitrogens with one attached hydrogen (secondary N) is 1. The van der Waals surface area contributed by atoms with E-state index in [2.05, 4.69) is 5.32 Å². The second-order valence-corrected chi connectivity index (χ2v) is 5.46. The summed E-state index contributed by atoms with van der Waals surface area (Å²) >= 11 is 11.7. The largest absolute Gasteiger partial charge is 0.493 e. The first-order valence-electron chi connectivity index (χ1n) is 6.63. The van der Waals surface area contributed by atoms with Gasteiger partial charge in [0.2, 0.25) is 0 Å². The van der Waals surface area contributed by atoms with Crippen molar-refractivity contribution in [1.82, 2.24) is 0 Å². The van der Waals surface area contributed by atoms with E-state index in [4.69, 9.17) is 32.7 Å². The topological polar surface area (TPSA) is 84.9 Å². The van der Waals surface area contributed by atoms with Crippen LogP contribution in [0.2, 0.25) is 10.0 Å². The predicted octanol–water partition coefficient (Wildman–Crippen LogP) is 3.96. The van der Waals surface area contributed by atoms with Gasteiger partial charge in [0.05, 0.1) is 35.5 Å². The minimum atomic E-state index is -1.22. The zero-order chi connectivity index (χ0) is 17.9. The van der Waals surface area contributed by atoms with Gasteiger partial charge in [-0.25, -0.2) is 4.79 Å². The second-order valence-electron chi connectivity index (χ2n) is 4.64. The Kier molecular flexibility index (Phi) is 5.54. The van der Waals surface area contributed by atoms with Crippen LogP contribution in [0.3, 0.4) is 0 Å². The number of carboxylic acid groups (broad SMARTS) is 1. The van der Waals surface area contributed by atoms with E-state index in [1.165, 1.54) is 44.6 Å². The van der Waals surface area contributed by atoms with Gasteiger partial charge in [0.25, 0.3) is 5.91 Å². The number of anilines is 1. The Bertz CT molecular complexity index is 807. The molecule has 2 rings (SSSR count). The summed E-state index contributed by atoms with van der Waals surface area (Å²) in [5.41, 5.74) is 0.160. The van der Waals surface area contributed by atoms with Crippen molar-refractivity contribution in [2.24, 2.45) is 0 Å². The lowest BCUT2D eigenvalue weighted by molar-refractivity contribution is 0.0697. The molecule has 0 aliphatic heterocycles. The zero-order valence-electron chi connectivity index (χ0n) is 12.7. The van der Waals surface area contributed by atoms with Crippen LogP contribution in [0.4, 0.5) is 5.69 Å². The van der Waals surface area contributed by atoms with Gasteiger partial charge in [-0.15, -0.1) is 0 Å². The van der Waals surface area contributed by atoms with Gasteiger partial charge in [-0.2, -0.15) is 0 Å². The van der Waals surface area contributed by atoms with Gasteiger partial charge in [0.15, 0.2) is 11.5 Å². The molecule has 0 fully saturated rings. The van der Waals surface area contributed by atoms with E-state index in [0.29, 0.717) is 5.02 Å². The lowest BCUT2D eigenvalue weighted by atomic mass is 10.1. The predicted molar refractivity (Wildman–Crippen MR) is 90.9 cm³/mol. The van der Waals surface area contributed by atoms with Crippen LogP contribution in [-0.2, 0) is 0 Å². The molecule has 24 heavy (non-hydrogen) atoms. The average molecular weight is 370 g/mol. The van der Waals surface area contributed by atoms with Crippen molar-refractivity contribution in [1.29, 1.82) is 0 Å². The number of carbonyl (C=O) groups excluding carboxylic acids is 1. The third-order valence-corrected chi connectivity index (χ3v) is 3.92. The molecule has 0 bridgehead atoms. The molecule has 2 aromatic rings. The quantitative estimate of drug-likeness (QED) is 0.832. The molecule has 126 valence electrons. The molecular formula is C16H13Cl2NO5. The average Bonchev–Trinajstić information content (AvgIpc) is 2.56. The standard InChI is InChI=1S/C16H13Cl2NO5/c1-23-13-6-9(16(21)22)12(7-14(13)24-2)19-15(20)8-3-4-10(17)11(18)5-8/h3-7H,1-2H3,(H,19,20)(H,21,22). The number of methoxy groups -OCH3 is 2. The van der Waals surface area contributed by atoms with Crippen LogP contribution in [0.1, 0.15) is 20.7 Å². The fourth-order valence-corrected chi connectivity index (χ4v) is 2.29. The lowest BCUT2D eigenvalue weighted by Gasteiger charge is -2.14. The van der Waals surface area contributed by atoms with Crippen molar-refractivity contribution >= 4 is 40.8 Å². The number of hydrogen-bond acceptors (Lipinski definition) is 4. The van der Waals surface area contributed by atoms with Gasteiger partial charge >= 0.3 is 5.97 Å². The molecule has 0 spiro atoms. The van der Waals surface area contributed by atoms with Crippen molar-refractivity contribution in [3.05, 3.63) is 51.5 Å². The molecule has 0 aliphatic rings. The Balaban J connectivity index is 2.41. The fourth-order valence-electron chi connectivity index (χ4n) is 1.99. The maximum atomic E-state index is 12.3. The summed E-state index contributed by atoms with van der Waals surface area (Å²) in [5.74, 6) is -1.24. The first-order chi connectivity index (χ1) is 11.4. The number of ether oxygens (including phenoxy) is 2. The molecule has 2 aromatic carbocycles. The highest BCUT2D eigenvalue weighted by Crippen LogP contribution is 2.33. The highest BCUT2D eigenvalue weighted by atomic mass is 35.5. The van der Waals surface area contributed by atoms with Gasteiger partial charge in [-0.05, 0) is 18.2 Å². The maximum Gasteiger partial charge on any atom is 0.337 e. The maximum absolute atomic E-state index is 12.3. The molecule has 0 aromatic heterocycles. The number of carbonyl (C=O) groups is 2. The van der Waals surface area contributed by atoms with Gasteiger partial charge in [0.1, 0.15) is 0 Å². The summed E-state index contributed by atoms with van der Waals surface area (Å²) in [6.45, 7) is 0. The van der Waals surface area contributed by atoms with Crippen molar-refractivity contribution in [3.63, 3.8) is 0 Å². The molecule has 0 radical (unpaired) electrons. The van der Waals surface area contributed by atoms with Crippen LogP contribution in [0.15, 0.2) is 30.3 Å². The normalized spacial score (nSPS) is 10.2. The summed E-state index contributed by atoms with van der Waals surface area (Å²) in [5, 5.41) is 12.4. The van der Waals surface area contributed by atoms with Crippen LogP contribution in [0.5, 0.6) is 11.5 Å². The molecule has 0 aliphatic carbocycles. The molecule has 0 saturated carbocycles. The first kappa shape index (κ1) is 17.9. The molecule has 0 heterocycles. The van der Waals surface area contributed by atoms with E-state index >= 15 is 0 Å². The third-order valence-electron chi connectivity index (χ3n) is 3.18. The molecule has 8 heteroatoms. The third kappa shape index (κ3) is 3.72. The van der Waals surface area contributed by atoms with Crippen LogP contribution < -0.4 is 14.8 Å². The van der Waals surface area contributed by atoms with E-state index in [1.54, 1.807) is 0 Å². The van der Waals surface area contributed by atoms with Crippen LogP contribution in [0.25, 0.3) is 0 Å². The van der Waals surface area contributed by atoms with Crippen LogP contribution >= 0.6 is 23.2 Å². The zero-order valence-corrected chi connectivity index (χ0v) is 14.2. The Morgan fingerprint density at radius 1 is 1.00 bits per heavy atom. The molecule has 0 saturated heterocycles. The van der Waals surface area contributed by atoms with Gasteiger partial charge < -0.3 is 19.9 Å². The number of aromatic carboxylic acids is 1. The van der Waals surface area contributed by atoms with Gasteiger partial charge in [0, 0.05) is 17.7 Å². The summed E-state index contributed by atoms with van der Waals surface area (Å²) in [6.07, 6.45) is 0. The summed E-state index contributed by atoms with van der Waals surface area (Å²) < 4.78 is 10.2. The molecule has 0 unspecified atom stereocenters. The summed E-state index contributed by atoms with van der Waals surface area (Å²) in [4.78, 5) is 23.7. The highest BCUT2D eigenvalue weighted by Gasteiger charge is 2.19. The van der Waals surface area contributed by atoms with Crippen molar-refractivity contribution in [3.8, 4) is 11.5 Å².